The summed E-state index contributed by atoms with van der Waals surface area (Å²) in [5.41, 5.74) is 3.13. The van der Waals surface area contributed by atoms with E-state index in [-0.39, 0.29) is 25.0 Å². The van der Waals surface area contributed by atoms with Crippen molar-refractivity contribution in [1.82, 2.24) is 4.90 Å². The third-order valence-corrected chi connectivity index (χ3v) is 8.31. The highest BCUT2D eigenvalue weighted by atomic mass is 32.2. The van der Waals surface area contributed by atoms with Gasteiger partial charge in [0.15, 0.2) is 0 Å². The van der Waals surface area contributed by atoms with Crippen molar-refractivity contribution in [2.45, 2.75) is 50.4 Å². The Hall–Kier alpha value is -3.14. The van der Waals surface area contributed by atoms with E-state index < -0.39 is 17.7 Å². The molecule has 3 aliphatic heterocycles. The molecule has 2 aromatic carbocycles. The minimum atomic E-state index is -4.44. The number of hydrogen-bond donors (Lipinski definition) is 1. The van der Waals surface area contributed by atoms with Crippen molar-refractivity contribution in [2.24, 2.45) is 4.99 Å². The average molecular weight is 531 g/mol. The van der Waals surface area contributed by atoms with Gasteiger partial charge in [0.05, 0.1) is 30.2 Å². The van der Waals surface area contributed by atoms with Crippen molar-refractivity contribution < 1.29 is 32.5 Å². The highest BCUT2D eigenvalue weighted by molar-refractivity contribution is 8.04. The number of hydrogen-bond acceptors (Lipinski definition) is 6. The van der Waals surface area contributed by atoms with E-state index in [0.29, 0.717) is 48.9 Å². The molecular formula is C27H25F3N2O4S. The molecule has 3 heterocycles. The molecule has 4 aliphatic rings. The van der Waals surface area contributed by atoms with E-state index >= 15 is 0 Å². The Morgan fingerprint density at radius 3 is 2.86 bits per heavy atom. The van der Waals surface area contributed by atoms with Gasteiger partial charge in [-0.3, -0.25) is 9.79 Å². The molecular weight excluding hydrogens is 505 g/mol. The van der Waals surface area contributed by atoms with Crippen molar-refractivity contribution in [1.29, 1.82) is 0 Å². The van der Waals surface area contributed by atoms with E-state index in [1.807, 2.05) is 17.2 Å². The molecule has 0 saturated carbocycles. The van der Waals surface area contributed by atoms with Crippen molar-refractivity contribution in [2.75, 3.05) is 19.0 Å². The number of aliphatic carboxylic acids is 1. The van der Waals surface area contributed by atoms with Gasteiger partial charge in [-0.25, -0.2) is 0 Å². The molecule has 0 unspecified atom stereocenters. The van der Waals surface area contributed by atoms with Crippen LogP contribution in [0, 0.1) is 0 Å². The number of aliphatic imine (C=N–C) groups is 1. The number of rotatable bonds is 6. The second kappa shape index (κ2) is 9.31. The standard InChI is InChI=1S/C27H25F3N2O4S/c28-27(29,30)21-5-3-19-18(20(21)11-32-8-7-22-25(12-32)37-14-31-22)4-6-23(19)36-16-1-2-17-15(9-26(33)34)13-35-24(17)10-16/h1-3,5,10,12,15,23H,4,6-9,11,13-14H2,(H,33,34)/t15-,23-/m1/s1. The Labute approximate surface area is 216 Å². The zero-order chi connectivity index (χ0) is 25.7. The molecule has 2 aromatic rings. The molecule has 1 aliphatic carbocycles. The minimum Gasteiger partial charge on any atom is -0.492 e. The molecule has 0 bridgehead atoms. The van der Waals surface area contributed by atoms with Gasteiger partial charge in [-0.1, -0.05) is 23.9 Å². The van der Waals surface area contributed by atoms with Gasteiger partial charge in [0.1, 0.15) is 17.6 Å². The highest BCUT2D eigenvalue weighted by Crippen LogP contribution is 2.44. The topological polar surface area (TPSA) is 71.4 Å². The van der Waals surface area contributed by atoms with Crippen molar-refractivity contribution in [3.05, 3.63) is 69.3 Å². The predicted octanol–water partition coefficient (Wildman–Crippen LogP) is 5.91. The van der Waals surface area contributed by atoms with Crippen LogP contribution < -0.4 is 9.47 Å². The SMILES string of the molecule is O=C(O)C[C@@H]1COc2cc(O[C@@H]3CCc4c3ccc(C(F)(F)F)c4CN3C=C4SCN=C4CC3)ccc21. The van der Waals surface area contributed by atoms with Crippen LogP contribution in [0.2, 0.25) is 0 Å². The number of fused-ring (bicyclic) bond motifs is 3. The Bertz CT molecular complexity index is 1320. The Morgan fingerprint density at radius 2 is 2.05 bits per heavy atom. The molecule has 0 saturated heterocycles. The molecule has 6 nitrogen and oxygen atoms in total. The van der Waals surface area contributed by atoms with Gasteiger partial charge >= 0.3 is 12.1 Å². The van der Waals surface area contributed by atoms with E-state index in [1.54, 1.807) is 30.0 Å². The van der Waals surface area contributed by atoms with E-state index in [9.17, 15) is 18.0 Å². The average Bonchev–Trinajstić information content (AvgIpc) is 3.57. The number of carboxylic acids is 1. The first kappa shape index (κ1) is 24.2. The Kier molecular flexibility index (Phi) is 6.09. The summed E-state index contributed by atoms with van der Waals surface area (Å²) >= 11 is 1.62. The van der Waals surface area contributed by atoms with Gasteiger partial charge in [0, 0.05) is 48.2 Å². The van der Waals surface area contributed by atoms with E-state index in [0.717, 1.165) is 33.7 Å². The van der Waals surface area contributed by atoms with E-state index in [2.05, 4.69) is 4.99 Å². The summed E-state index contributed by atoms with van der Waals surface area (Å²) in [6, 6.07) is 8.09. The number of alkyl halides is 3. The molecule has 1 N–H and O–H groups in total. The van der Waals surface area contributed by atoms with Crippen LogP contribution in [0.5, 0.6) is 11.5 Å². The second-order valence-electron chi connectivity index (χ2n) is 9.70. The Morgan fingerprint density at radius 1 is 1.22 bits per heavy atom. The van der Waals surface area contributed by atoms with Crippen LogP contribution in [-0.4, -0.2) is 40.7 Å². The van der Waals surface area contributed by atoms with Gasteiger partial charge < -0.3 is 19.5 Å². The van der Waals surface area contributed by atoms with E-state index in [4.69, 9.17) is 14.6 Å². The number of carboxylic acid groups (broad SMARTS) is 1. The first-order valence-electron chi connectivity index (χ1n) is 12.3. The molecule has 10 heteroatoms. The summed E-state index contributed by atoms with van der Waals surface area (Å²) in [6.07, 6.45) is -1.03. The lowest BCUT2D eigenvalue weighted by molar-refractivity contribution is -0.139. The van der Waals surface area contributed by atoms with E-state index in [1.165, 1.54) is 6.07 Å². The normalized spacial score (nSPS) is 22.1. The second-order valence-corrected chi connectivity index (χ2v) is 10.7. The summed E-state index contributed by atoms with van der Waals surface area (Å²) in [7, 11) is 0. The number of allylic oxidation sites excluding steroid dienone is 1. The maximum absolute atomic E-state index is 14.0. The first-order chi connectivity index (χ1) is 17.8. The molecule has 6 rings (SSSR count). The lowest BCUT2D eigenvalue weighted by Gasteiger charge is -2.28. The van der Waals surface area contributed by atoms with Crippen LogP contribution in [0.15, 0.2) is 46.4 Å². The van der Waals surface area contributed by atoms with Crippen molar-refractivity contribution in [3.63, 3.8) is 0 Å². The lowest BCUT2D eigenvalue weighted by atomic mass is 9.95. The number of carbonyl (C=O) groups is 1. The molecule has 0 amide bonds. The third-order valence-electron chi connectivity index (χ3n) is 7.40. The van der Waals surface area contributed by atoms with Crippen LogP contribution >= 0.6 is 11.8 Å². The maximum Gasteiger partial charge on any atom is 0.416 e. The zero-order valence-corrected chi connectivity index (χ0v) is 20.7. The summed E-state index contributed by atoms with van der Waals surface area (Å²) in [5, 5.41) is 9.11. The fraction of sp³-hybridized carbons (Fsp3) is 0.407. The predicted molar refractivity (Wildman–Crippen MR) is 133 cm³/mol. The van der Waals surface area contributed by atoms with Crippen molar-refractivity contribution >= 4 is 23.4 Å². The summed E-state index contributed by atoms with van der Waals surface area (Å²) in [5.74, 6) is 0.749. The number of ether oxygens (including phenoxy) is 2. The van der Waals surface area contributed by atoms with Crippen LogP contribution in [-0.2, 0) is 23.9 Å². The largest absolute Gasteiger partial charge is 0.492 e. The quantitative estimate of drug-likeness (QED) is 0.500. The van der Waals surface area contributed by atoms with Gasteiger partial charge in [-0.15, -0.1) is 0 Å². The Balaban J connectivity index is 1.26. The minimum absolute atomic E-state index is 0.00593. The number of thioether (sulfide) groups is 1. The van der Waals surface area contributed by atoms with Crippen LogP contribution in [0.3, 0.4) is 0 Å². The summed E-state index contributed by atoms with van der Waals surface area (Å²) < 4.78 is 54.0. The number of halogens is 3. The molecule has 37 heavy (non-hydrogen) atoms. The van der Waals surface area contributed by atoms with Gasteiger partial charge in [0.2, 0.25) is 0 Å². The molecule has 2 atom stereocenters. The summed E-state index contributed by atoms with van der Waals surface area (Å²) in [4.78, 5) is 18.6. The zero-order valence-electron chi connectivity index (χ0n) is 19.9. The van der Waals surface area contributed by atoms with Gasteiger partial charge in [-0.2, -0.15) is 13.2 Å². The fourth-order valence-corrected chi connectivity index (χ4v) is 6.56. The molecule has 0 fully saturated rings. The smallest absolute Gasteiger partial charge is 0.416 e. The fourth-order valence-electron chi connectivity index (χ4n) is 5.64. The highest BCUT2D eigenvalue weighted by Gasteiger charge is 2.38. The molecule has 0 aromatic heterocycles. The van der Waals surface area contributed by atoms with Crippen LogP contribution in [0.1, 0.15) is 59.1 Å². The van der Waals surface area contributed by atoms with Crippen molar-refractivity contribution in [3.8, 4) is 11.5 Å². The monoisotopic (exact) mass is 530 g/mol. The van der Waals surface area contributed by atoms with Gasteiger partial charge in [0.25, 0.3) is 0 Å². The van der Waals surface area contributed by atoms with Crippen LogP contribution in [0.25, 0.3) is 0 Å². The number of benzene rings is 2. The molecule has 0 spiro atoms. The molecule has 0 radical (unpaired) electrons. The van der Waals surface area contributed by atoms with Crippen LogP contribution in [0.4, 0.5) is 13.2 Å². The third kappa shape index (κ3) is 4.67. The first-order valence-corrected chi connectivity index (χ1v) is 13.2. The number of nitrogens with zero attached hydrogens (tertiary/aromatic N) is 2. The van der Waals surface area contributed by atoms with Gasteiger partial charge in [-0.05, 0) is 41.7 Å². The molecule has 194 valence electrons. The lowest BCUT2D eigenvalue weighted by Crippen LogP contribution is -2.27. The maximum atomic E-state index is 14.0. The summed E-state index contributed by atoms with van der Waals surface area (Å²) in [6.45, 7) is 1.14.